The molecule has 1 saturated carbocycles. The third kappa shape index (κ3) is 8.49. The molecular formula is C22H37BrO4. The van der Waals surface area contributed by atoms with E-state index in [9.17, 15) is 15.0 Å². The van der Waals surface area contributed by atoms with E-state index >= 15 is 0 Å². The zero-order valence-electron chi connectivity index (χ0n) is 17.0. The number of allylic oxidation sites excluding steroid dienone is 2. The number of carbonyl (C=O) groups is 1. The fourth-order valence-electron chi connectivity index (χ4n) is 3.68. The predicted octanol–water partition coefficient (Wildman–Crippen LogP) is 5.08. The maximum Gasteiger partial charge on any atom is 0.303 e. The number of alkyl halides is 1. The molecule has 4 nitrogen and oxygen atoms in total. The fourth-order valence-corrected chi connectivity index (χ4v) is 4.63. The van der Waals surface area contributed by atoms with E-state index < -0.39 is 18.2 Å². The fraction of sp³-hybridized carbons (Fsp3) is 0.773. The summed E-state index contributed by atoms with van der Waals surface area (Å²) in [5.74, 6) is -0.457. The third-order valence-electron chi connectivity index (χ3n) is 5.70. The highest BCUT2D eigenvalue weighted by atomic mass is 79.9. The smallest absolute Gasteiger partial charge is 0.303 e. The molecule has 1 fully saturated rings. The van der Waals surface area contributed by atoms with Crippen molar-refractivity contribution in [2.24, 2.45) is 17.3 Å². The lowest BCUT2D eigenvalue weighted by molar-refractivity contribution is -0.137. The van der Waals surface area contributed by atoms with E-state index in [1.807, 2.05) is 18.2 Å². The largest absolute Gasteiger partial charge is 0.481 e. The van der Waals surface area contributed by atoms with Crippen LogP contribution in [0.1, 0.15) is 72.1 Å². The van der Waals surface area contributed by atoms with Crippen molar-refractivity contribution < 1.29 is 20.1 Å². The minimum atomic E-state index is -0.756. The van der Waals surface area contributed by atoms with Crippen LogP contribution in [0, 0.1) is 17.3 Å². The lowest BCUT2D eigenvalue weighted by atomic mass is 9.80. The molecule has 5 atom stereocenters. The van der Waals surface area contributed by atoms with Gasteiger partial charge in [-0.1, -0.05) is 73.8 Å². The number of halogens is 1. The molecule has 0 saturated heterocycles. The summed E-state index contributed by atoms with van der Waals surface area (Å²) < 4.78 is 0. The number of aliphatic hydroxyl groups excluding tert-OH is 2. The molecule has 0 aliphatic heterocycles. The number of hydrogen-bond donors (Lipinski definition) is 3. The van der Waals surface area contributed by atoms with Crippen LogP contribution in [0.5, 0.6) is 0 Å². The van der Waals surface area contributed by atoms with Gasteiger partial charge in [-0.05, 0) is 43.4 Å². The van der Waals surface area contributed by atoms with Crippen LogP contribution in [0.25, 0.3) is 0 Å². The van der Waals surface area contributed by atoms with Gasteiger partial charge in [0.1, 0.15) is 0 Å². The number of aliphatic carboxylic acids is 1. The van der Waals surface area contributed by atoms with Gasteiger partial charge in [-0.2, -0.15) is 0 Å². The van der Waals surface area contributed by atoms with Crippen LogP contribution in [-0.4, -0.2) is 38.3 Å². The second-order valence-electron chi connectivity index (χ2n) is 8.48. The monoisotopic (exact) mass is 444 g/mol. The Kier molecular flexibility index (Phi) is 10.9. The van der Waals surface area contributed by atoms with Gasteiger partial charge in [0.2, 0.25) is 0 Å². The first-order chi connectivity index (χ1) is 12.7. The van der Waals surface area contributed by atoms with Crippen molar-refractivity contribution in [3.63, 3.8) is 0 Å². The Hall–Kier alpha value is -0.650. The van der Waals surface area contributed by atoms with E-state index in [1.165, 1.54) is 0 Å². The van der Waals surface area contributed by atoms with E-state index in [1.54, 1.807) is 0 Å². The van der Waals surface area contributed by atoms with Crippen LogP contribution in [0.2, 0.25) is 0 Å². The summed E-state index contributed by atoms with van der Waals surface area (Å²) >= 11 is 3.70. The first-order valence-corrected chi connectivity index (χ1v) is 11.2. The van der Waals surface area contributed by atoms with Crippen LogP contribution in [-0.2, 0) is 4.79 Å². The van der Waals surface area contributed by atoms with Crippen molar-refractivity contribution in [3.05, 3.63) is 24.3 Å². The lowest BCUT2D eigenvalue weighted by Gasteiger charge is -2.29. The molecule has 1 aliphatic rings. The Bertz CT molecular complexity index is 501. The van der Waals surface area contributed by atoms with Gasteiger partial charge < -0.3 is 15.3 Å². The lowest BCUT2D eigenvalue weighted by Crippen LogP contribution is -2.28. The molecule has 0 aromatic rings. The summed E-state index contributed by atoms with van der Waals surface area (Å²) in [5, 5.41) is 29.7. The van der Waals surface area contributed by atoms with Gasteiger partial charge in [-0.25, -0.2) is 0 Å². The van der Waals surface area contributed by atoms with Crippen molar-refractivity contribution in [3.8, 4) is 0 Å². The Balaban J connectivity index is 2.62. The number of carboxylic acid groups (broad SMARTS) is 1. The van der Waals surface area contributed by atoms with E-state index in [0.717, 1.165) is 32.1 Å². The maximum absolute atomic E-state index is 10.6. The second-order valence-corrected chi connectivity index (χ2v) is 9.65. The van der Waals surface area contributed by atoms with Gasteiger partial charge in [0, 0.05) is 17.2 Å². The summed E-state index contributed by atoms with van der Waals surface area (Å²) in [7, 11) is 0. The number of unbranched alkanes of at least 4 members (excludes halogenated alkanes) is 2. The maximum atomic E-state index is 10.6. The van der Waals surface area contributed by atoms with Gasteiger partial charge in [0.25, 0.3) is 0 Å². The Morgan fingerprint density at radius 3 is 2.63 bits per heavy atom. The highest BCUT2D eigenvalue weighted by Gasteiger charge is 2.39. The zero-order chi connectivity index (χ0) is 20.4. The van der Waals surface area contributed by atoms with Gasteiger partial charge >= 0.3 is 5.97 Å². The van der Waals surface area contributed by atoms with Crippen molar-refractivity contribution >= 4 is 21.9 Å². The molecule has 0 amide bonds. The van der Waals surface area contributed by atoms with E-state index in [-0.39, 0.29) is 28.5 Å². The molecular weight excluding hydrogens is 408 g/mol. The number of rotatable bonds is 12. The first-order valence-electron chi connectivity index (χ1n) is 10.2. The molecule has 0 spiro atoms. The van der Waals surface area contributed by atoms with Crippen LogP contribution in [0.3, 0.4) is 0 Å². The topological polar surface area (TPSA) is 77.8 Å². The van der Waals surface area contributed by atoms with Gasteiger partial charge in [0.05, 0.1) is 12.2 Å². The summed E-state index contributed by atoms with van der Waals surface area (Å²) in [6, 6.07) is 0. The Morgan fingerprint density at radius 1 is 1.30 bits per heavy atom. The van der Waals surface area contributed by atoms with Crippen LogP contribution < -0.4 is 0 Å². The van der Waals surface area contributed by atoms with Crippen LogP contribution in [0.15, 0.2) is 24.3 Å². The molecule has 1 aliphatic carbocycles. The predicted molar refractivity (Wildman–Crippen MR) is 114 cm³/mol. The summed E-state index contributed by atoms with van der Waals surface area (Å²) in [6.45, 7) is 6.34. The molecule has 27 heavy (non-hydrogen) atoms. The molecule has 156 valence electrons. The molecule has 5 heteroatoms. The molecule has 0 unspecified atom stereocenters. The highest BCUT2D eigenvalue weighted by molar-refractivity contribution is 9.09. The van der Waals surface area contributed by atoms with E-state index in [2.05, 4.69) is 42.8 Å². The molecule has 0 bridgehead atoms. The van der Waals surface area contributed by atoms with Gasteiger partial charge in [-0.3, -0.25) is 4.79 Å². The minimum absolute atomic E-state index is 0.0228. The summed E-state index contributed by atoms with van der Waals surface area (Å²) in [6.07, 6.45) is 13.5. The minimum Gasteiger partial charge on any atom is -0.481 e. The summed E-state index contributed by atoms with van der Waals surface area (Å²) in [5.41, 5.74) is -0.163. The number of aliphatic hydroxyl groups is 2. The third-order valence-corrected chi connectivity index (χ3v) is 6.75. The number of hydrogen-bond acceptors (Lipinski definition) is 3. The average Bonchev–Trinajstić information content (AvgIpc) is 2.86. The number of carboxylic acids is 1. The van der Waals surface area contributed by atoms with Crippen molar-refractivity contribution in [2.75, 3.05) is 0 Å². The molecule has 0 heterocycles. The quantitative estimate of drug-likeness (QED) is 0.222. The van der Waals surface area contributed by atoms with Crippen molar-refractivity contribution in [1.29, 1.82) is 0 Å². The molecule has 0 radical (unpaired) electrons. The van der Waals surface area contributed by atoms with E-state index in [4.69, 9.17) is 5.11 Å². The first kappa shape index (κ1) is 24.4. The van der Waals surface area contributed by atoms with Crippen molar-refractivity contribution in [1.82, 2.24) is 0 Å². The van der Waals surface area contributed by atoms with E-state index in [0.29, 0.717) is 12.8 Å². The molecule has 3 N–H and O–H groups in total. The SMILES string of the molecule is CCCCC(C)(C)[C@H](O)/C=C/[C@@H]1[C@@H](C/C=C\CCCC(=O)O)[C@H](Br)C[C@H]1O. The van der Waals surface area contributed by atoms with Gasteiger partial charge in [-0.15, -0.1) is 0 Å². The normalized spacial score (nSPS) is 27.6. The molecule has 0 aromatic heterocycles. The highest BCUT2D eigenvalue weighted by Crippen LogP contribution is 2.41. The molecule has 1 rings (SSSR count). The summed E-state index contributed by atoms with van der Waals surface area (Å²) in [4.78, 5) is 10.8. The molecule has 0 aromatic carbocycles. The zero-order valence-corrected chi connectivity index (χ0v) is 18.6. The Labute approximate surface area is 172 Å². The van der Waals surface area contributed by atoms with Crippen LogP contribution >= 0.6 is 15.9 Å². The van der Waals surface area contributed by atoms with Gasteiger partial charge in [0.15, 0.2) is 0 Å². The van der Waals surface area contributed by atoms with Crippen molar-refractivity contribution in [2.45, 2.75) is 89.2 Å². The Morgan fingerprint density at radius 2 is 2.00 bits per heavy atom. The standard InChI is InChI=1S/C22H37BrO4/c1-4-5-14-22(2,3)20(25)13-12-17-16(18(23)15-19(17)24)10-8-6-7-9-11-21(26)27/h6,8,12-13,16-20,24-25H,4-5,7,9-11,14-15H2,1-3H3,(H,26,27)/b8-6-,13-12+/t16-,17-,18-,19-,20-/m1/s1. The van der Waals surface area contributed by atoms with Crippen LogP contribution in [0.4, 0.5) is 0 Å². The average molecular weight is 445 g/mol. The second kappa shape index (κ2) is 12.0.